The smallest absolute Gasteiger partial charge is 0.264 e. The first-order valence-electron chi connectivity index (χ1n) is 3.95. The lowest BCUT2D eigenvalue weighted by Gasteiger charge is -2.12. The first-order valence-corrected chi connectivity index (χ1v) is 7.35. The van der Waals surface area contributed by atoms with Gasteiger partial charge in [-0.15, -0.1) is 0 Å². The van der Waals surface area contributed by atoms with Crippen molar-refractivity contribution >= 4 is 28.4 Å². The van der Waals surface area contributed by atoms with Gasteiger partial charge in [0.2, 0.25) is 0 Å². The predicted molar refractivity (Wildman–Crippen MR) is 58.2 cm³/mol. The Bertz CT molecular complexity index is 386. The van der Waals surface area contributed by atoms with Gasteiger partial charge in [0.25, 0.3) is 6.43 Å². The minimum Gasteiger partial charge on any atom is -0.319 e. The molecule has 0 N–H and O–H groups in total. The summed E-state index contributed by atoms with van der Waals surface area (Å²) in [4.78, 5) is 0. The Morgan fingerprint density at radius 2 is 1.93 bits per heavy atom. The van der Waals surface area contributed by atoms with Crippen molar-refractivity contribution in [1.29, 1.82) is 0 Å². The molecule has 0 saturated heterocycles. The van der Waals surface area contributed by atoms with Gasteiger partial charge in [-0.05, 0) is 31.5 Å². The molecule has 0 fully saturated rings. The van der Waals surface area contributed by atoms with E-state index in [-0.39, 0.29) is 10.9 Å². The molecule has 0 heterocycles. The molecule has 0 aliphatic rings. The zero-order valence-corrected chi connectivity index (χ0v) is 10.3. The largest absolute Gasteiger partial charge is 0.319 e. The molecule has 1 nitrogen and oxygen atoms in total. The quantitative estimate of drug-likeness (QED) is 0.757. The van der Waals surface area contributed by atoms with E-state index in [1.54, 1.807) is 6.07 Å². The maximum absolute atomic E-state index is 12.6. The molecule has 0 aliphatic heterocycles. The Morgan fingerprint density at radius 1 is 1.36 bits per heavy atom. The number of hydrogen-bond donors (Lipinski definition) is 0. The highest BCUT2D eigenvalue weighted by atomic mass is 79.9. The van der Waals surface area contributed by atoms with E-state index in [9.17, 15) is 13.3 Å². The van der Waals surface area contributed by atoms with Gasteiger partial charge in [0.05, 0.1) is 0 Å². The van der Waals surface area contributed by atoms with E-state index in [0.29, 0.717) is 4.47 Å². The van der Waals surface area contributed by atoms with Crippen LogP contribution in [0.15, 0.2) is 22.7 Å². The maximum Gasteiger partial charge on any atom is 0.264 e. The summed E-state index contributed by atoms with van der Waals surface area (Å²) in [6, 6.07) is 4.44. The number of rotatable bonds is 2. The van der Waals surface area contributed by atoms with E-state index in [2.05, 4.69) is 15.9 Å². The molecule has 0 unspecified atom stereocenters. The van der Waals surface area contributed by atoms with Gasteiger partial charge >= 0.3 is 0 Å². The summed E-state index contributed by atoms with van der Waals surface area (Å²) in [7, 11) is -2.63. The van der Waals surface area contributed by atoms with Crippen molar-refractivity contribution in [2.45, 2.75) is 6.43 Å². The van der Waals surface area contributed by atoms with Gasteiger partial charge in [-0.25, -0.2) is 8.78 Å². The molecule has 0 aromatic heterocycles. The molecule has 0 radical (unpaired) electrons. The number of halogens is 3. The van der Waals surface area contributed by atoms with Crippen LogP contribution in [0.3, 0.4) is 0 Å². The zero-order valence-electron chi connectivity index (χ0n) is 7.80. The number of hydrogen-bond acceptors (Lipinski definition) is 1. The summed E-state index contributed by atoms with van der Waals surface area (Å²) in [5.74, 6) is 0. The Hall–Kier alpha value is -0.210. The lowest BCUT2D eigenvalue weighted by atomic mass is 10.2. The topological polar surface area (TPSA) is 17.1 Å². The molecule has 78 valence electrons. The van der Waals surface area contributed by atoms with Crippen molar-refractivity contribution in [3.8, 4) is 0 Å². The van der Waals surface area contributed by atoms with E-state index < -0.39 is 13.6 Å². The van der Waals surface area contributed by atoms with Crippen molar-refractivity contribution in [3.05, 3.63) is 28.2 Å². The van der Waals surface area contributed by atoms with Crippen molar-refractivity contribution in [2.75, 3.05) is 13.3 Å². The number of alkyl halides is 2. The third kappa shape index (κ3) is 2.64. The molecule has 0 saturated carbocycles. The van der Waals surface area contributed by atoms with Gasteiger partial charge in [-0.2, -0.15) is 0 Å². The van der Waals surface area contributed by atoms with Crippen LogP contribution in [0.1, 0.15) is 12.0 Å². The highest BCUT2D eigenvalue weighted by Gasteiger charge is 2.21. The number of benzene rings is 1. The minimum absolute atomic E-state index is 0.146. The van der Waals surface area contributed by atoms with Crippen LogP contribution in [0.25, 0.3) is 0 Å². The van der Waals surface area contributed by atoms with Crippen LogP contribution < -0.4 is 5.30 Å². The Kier molecular flexibility index (Phi) is 3.49. The molecule has 1 aromatic carbocycles. The van der Waals surface area contributed by atoms with Crippen molar-refractivity contribution in [1.82, 2.24) is 0 Å². The van der Waals surface area contributed by atoms with E-state index in [1.165, 1.54) is 25.5 Å². The monoisotopic (exact) mass is 282 g/mol. The second-order valence-electron chi connectivity index (χ2n) is 3.35. The summed E-state index contributed by atoms with van der Waals surface area (Å²) in [5.41, 5.74) is -0.146. The molecular formula is C9H10BrF2OP. The van der Waals surface area contributed by atoms with Gasteiger partial charge in [0.1, 0.15) is 7.14 Å². The SMILES string of the molecule is CP(C)(=O)c1ccc(Br)cc1C(F)F. The molecule has 0 amide bonds. The maximum atomic E-state index is 12.6. The van der Waals surface area contributed by atoms with Crippen LogP contribution in [-0.2, 0) is 4.57 Å². The van der Waals surface area contributed by atoms with E-state index >= 15 is 0 Å². The lowest BCUT2D eigenvalue weighted by Crippen LogP contribution is -2.10. The zero-order chi connectivity index (χ0) is 10.9. The first-order chi connectivity index (χ1) is 6.32. The van der Waals surface area contributed by atoms with Crippen LogP contribution in [0.2, 0.25) is 0 Å². The molecular weight excluding hydrogens is 273 g/mol. The van der Waals surface area contributed by atoms with E-state index in [1.807, 2.05) is 0 Å². The fraction of sp³-hybridized carbons (Fsp3) is 0.333. The van der Waals surface area contributed by atoms with Crippen LogP contribution in [0, 0.1) is 0 Å². The average molecular weight is 283 g/mol. The summed E-state index contributed by atoms with van der Waals surface area (Å²) in [5, 5.41) is 0.260. The highest BCUT2D eigenvalue weighted by molar-refractivity contribution is 9.10. The van der Waals surface area contributed by atoms with E-state index in [4.69, 9.17) is 0 Å². The Balaban J connectivity index is 3.37. The predicted octanol–water partition coefficient (Wildman–Crippen LogP) is 3.63. The highest BCUT2D eigenvalue weighted by Crippen LogP contribution is 2.39. The minimum atomic E-state index is -2.63. The molecule has 0 aliphatic carbocycles. The average Bonchev–Trinajstić information content (AvgIpc) is 2.01. The van der Waals surface area contributed by atoms with Crippen LogP contribution in [-0.4, -0.2) is 13.3 Å². The van der Waals surface area contributed by atoms with Gasteiger partial charge in [0, 0.05) is 15.3 Å². The second-order valence-corrected chi connectivity index (χ2v) is 7.45. The lowest BCUT2D eigenvalue weighted by molar-refractivity contribution is 0.152. The van der Waals surface area contributed by atoms with Crippen LogP contribution in [0.4, 0.5) is 8.78 Å². The van der Waals surface area contributed by atoms with Gasteiger partial charge in [0.15, 0.2) is 0 Å². The summed E-state index contributed by atoms with van der Waals surface area (Å²) < 4.78 is 37.5. The first kappa shape index (κ1) is 11.9. The second kappa shape index (κ2) is 4.11. The van der Waals surface area contributed by atoms with Crippen molar-refractivity contribution in [2.24, 2.45) is 0 Å². The van der Waals surface area contributed by atoms with Crippen LogP contribution >= 0.6 is 23.1 Å². The summed E-state index contributed by atoms with van der Waals surface area (Å²) >= 11 is 3.11. The van der Waals surface area contributed by atoms with Gasteiger partial charge < -0.3 is 4.57 Å². The standard InChI is InChI=1S/C9H10BrF2OP/c1-14(2,13)8-4-3-6(10)5-7(8)9(11)12/h3-5,9H,1-2H3. The van der Waals surface area contributed by atoms with E-state index in [0.717, 1.165) is 0 Å². The molecule has 1 rings (SSSR count). The van der Waals surface area contributed by atoms with Gasteiger partial charge in [-0.1, -0.05) is 15.9 Å². The van der Waals surface area contributed by atoms with Gasteiger partial charge in [-0.3, -0.25) is 0 Å². The summed E-state index contributed by atoms with van der Waals surface area (Å²) in [6.45, 7) is 2.98. The van der Waals surface area contributed by atoms with Crippen molar-refractivity contribution in [3.63, 3.8) is 0 Å². The normalized spacial score (nSPS) is 12.1. The third-order valence-electron chi connectivity index (χ3n) is 1.80. The third-order valence-corrected chi connectivity index (χ3v) is 3.87. The molecule has 0 atom stereocenters. The Morgan fingerprint density at radius 3 is 2.36 bits per heavy atom. The van der Waals surface area contributed by atoms with Crippen molar-refractivity contribution < 1.29 is 13.3 Å². The molecule has 0 bridgehead atoms. The molecule has 14 heavy (non-hydrogen) atoms. The molecule has 5 heteroatoms. The Labute approximate surface area is 90.0 Å². The molecule has 1 aromatic rings. The molecule has 0 spiro atoms. The fourth-order valence-corrected chi connectivity index (χ4v) is 2.79. The van der Waals surface area contributed by atoms with Crippen LogP contribution in [0.5, 0.6) is 0 Å². The summed E-state index contributed by atoms with van der Waals surface area (Å²) in [6.07, 6.45) is -2.59. The fourth-order valence-electron chi connectivity index (χ4n) is 1.19.